The maximum atomic E-state index is 12.6. The molecule has 0 aliphatic heterocycles. The third-order valence-electron chi connectivity index (χ3n) is 4.35. The van der Waals surface area contributed by atoms with Crippen LogP contribution in [0.4, 0.5) is 5.69 Å². The molecule has 3 rings (SSSR count). The summed E-state index contributed by atoms with van der Waals surface area (Å²) in [7, 11) is 1.63. The Hall–Kier alpha value is -2.75. The molecule has 4 heteroatoms. The summed E-state index contributed by atoms with van der Waals surface area (Å²) in [6.07, 6.45) is 0. The Kier molecular flexibility index (Phi) is 3.82. The molecule has 0 radical (unpaired) electrons. The second-order valence-corrected chi connectivity index (χ2v) is 5.74. The van der Waals surface area contributed by atoms with Gasteiger partial charge in [0, 0.05) is 22.7 Å². The van der Waals surface area contributed by atoms with Gasteiger partial charge in [0.2, 0.25) is 0 Å². The van der Waals surface area contributed by atoms with Crippen molar-refractivity contribution in [2.75, 3.05) is 12.4 Å². The van der Waals surface area contributed by atoms with Crippen LogP contribution < -0.4 is 10.1 Å². The highest BCUT2D eigenvalue weighted by molar-refractivity contribution is 6.08. The second kappa shape index (κ2) is 5.80. The molecule has 0 unspecified atom stereocenters. The fourth-order valence-electron chi connectivity index (χ4n) is 2.74. The lowest BCUT2D eigenvalue weighted by atomic mass is 10.1. The number of fused-ring (bicyclic) bond motifs is 1. The number of H-pyrrole nitrogens is 1. The molecule has 2 aromatic carbocycles. The quantitative estimate of drug-likeness (QED) is 0.755. The number of aromatic nitrogens is 1. The number of carbonyl (C=O) groups excluding carboxylic acids is 1. The standard InChI is InChI=1S/C19H20N2O2/c1-11-6-5-7-16(12(11)2)21-19(22)18-13(3)15-9-8-14(23-4)10-17(15)20-18/h5-10,20H,1-4H3,(H,21,22). The summed E-state index contributed by atoms with van der Waals surface area (Å²) >= 11 is 0. The SMILES string of the molecule is COc1ccc2c(C)c(C(=O)Nc3cccc(C)c3C)[nH]c2c1. The zero-order valence-electron chi connectivity index (χ0n) is 13.8. The van der Waals surface area contributed by atoms with Gasteiger partial charge in [-0.1, -0.05) is 12.1 Å². The Bertz CT molecular complexity index is 894. The molecule has 2 N–H and O–H groups in total. The van der Waals surface area contributed by atoms with E-state index in [9.17, 15) is 4.79 Å². The monoisotopic (exact) mass is 308 g/mol. The molecule has 0 saturated heterocycles. The Morgan fingerprint density at radius 1 is 1.09 bits per heavy atom. The number of amides is 1. The van der Waals surface area contributed by atoms with Crippen LogP contribution in [0.5, 0.6) is 5.75 Å². The highest BCUT2D eigenvalue weighted by atomic mass is 16.5. The van der Waals surface area contributed by atoms with Crippen molar-refractivity contribution in [3.8, 4) is 5.75 Å². The molecule has 1 aromatic heterocycles. The number of aromatic amines is 1. The molecule has 118 valence electrons. The summed E-state index contributed by atoms with van der Waals surface area (Å²) in [5.41, 5.74) is 5.48. The minimum atomic E-state index is -0.133. The van der Waals surface area contributed by atoms with Crippen LogP contribution in [0.3, 0.4) is 0 Å². The van der Waals surface area contributed by atoms with E-state index in [2.05, 4.69) is 10.3 Å². The predicted octanol–water partition coefficient (Wildman–Crippen LogP) is 4.35. The second-order valence-electron chi connectivity index (χ2n) is 5.74. The molecule has 0 aliphatic rings. The van der Waals surface area contributed by atoms with E-state index in [-0.39, 0.29) is 5.91 Å². The predicted molar refractivity (Wildman–Crippen MR) is 93.5 cm³/mol. The van der Waals surface area contributed by atoms with Gasteiger partial charge in [0.25, 0.3) is 5.91 Å². The summed E-state index contributed by atoms with van der Waals surface area (Å²) in [5.74, 6) is 0.631. The normalized spacial score (nSPS) is 10.8. The van der Waals surface area contributed by atoms with Crippen molar-refractivity contribution in [3.63, 3.8) is 0 Å². The van der Waals surface area contributed by atoms with E-state index in [1.807, 2.05) is 57.2 Å². The van der Waals surface area contributed by atoms with Crippen LogP contribution in [0.25, 0.3) is 10.9 Å². The molecule has 23 heavy (non-hydrogen) atoms. The Balaban J connectivity index is 1.97. The van der Waals surface area contributed by atoms with Crippen molar-refractivity contribution in [3.05, 3.63) is 58.8 Å². The first-order valence-corrected chi connectivity index (χ1v) is 7.55. The number of aryl methyl sites for hydroxylation is 2. The van der Waals surface area contributed by atoms with Crippen LogP contribution in [0.1, 0.15) is 27.2 Å². The topological polar surface area (TPSA) is 54.1 Å². The molecule has 0 bridgehead atoms. The fraction of sp³-hybridized carbons (Fsp3) is 0.211. The van der Waals surface area contributed by atoms with E-state index in [1.54, 1.807) is 7.11 Å². The average molecular weight is 308 g/mol. The maximum absolute atomic E-state index is 12.6. The number of methoxy groups -OCH3 is 1. The summed E-state index contributed by atoms with van der Waals surface area (Å²) in [5, 5.41) is 4.02. The lowest BCUT2D eigenvalue weighted by Crippen LogP contribution is -2.14. The van der Waals surface area contributed by atoms with Crippen molar-refractivity contribution in [1.29, 1.82) is 0 Å². The summed E-state index contributed by atoms with van der Waals surface area (Å²) in [6, 6.07) is 11.7. The fourth-order valence-corrected chi connectivity index (χ4v) is 2.74. The largest absolute Gasteiger partial charge is 0.497 e. The maximum Gasteiger partial charge on any atom is 0.272 e. The van der Waals surface area contributed by atoms with Gasteiger partial charge in [-0.3, -0.25) is 4.79 Å². The van der Waals surface area contributed by atoms with E-state index in [1.165, 1.54) is 0 Å². The van der Waals surface area contributed by atoms with Gasteiger partial charge in [-0.25, -0.2) is 0 Å². The number of nitrogens with one attached hydrogen (secondary N) is 2. The molecule has 0 spiro atoms. The Labute approximate surface area is 135 Å². The van der Waals surface area contributed by atoms with Crippen LogP contribution in [-0.4, -0.2) is 18.0 Å². The number of rotatable bonds is 3. The van der Waals surface area contributed by atoms with Crippen molar-refractivity contribution < 1.29 is 9.53 Å². The van der Waals surface area contributed by atoms with E-state index in [4.69, 9.17) is 4.74 Å². The molecular weight excluding hydrogens is 288 g/mol. The van der Waals surface area contributed by atoms with Gasteiger partial charge >= 0.3 is 0 Å². The first kappa shape index (κ1) is 15.2. The van der Waals surface area contributed by atoms with Gasteiger partial charge in [0.1, 0.15) is 11.4 Å². The molecule has 0 fully saturated rings. The molecule has 0 aliphatic carbocycles. The van der Waals surface area contributed by atoms with Gasteiger partial charge in [-0.2, -0.15) is 0 Å². The van der Waals surface area contributed by atoms with E-state index in [0.717, 1.165) is 39.0 Å². The van der Waals surface area contributed by atoms with Crippen LogP contribution in [-0.2, 0) is 0 Å². The molecule has 3 aromatic rings. The summed E-state index contributed by atoms with van der Waals surface area (Å²) < 4.78 is 5.24. The van der Waals surface area contributed by atoms with Crippen LogP contribution in [0, 0.1) is 20.8 Å². The molecule has 1 amide bonds. The number of carbonyl (C=O) groups is 1. The molecule has 0 atom stereocenters. The Morgan fingerprint density at radius 3 is 2.61 bits per heavy atom. The smallest absolute Gasteiger partial charge is 0.272 e. The van der Waals surface area contributed by atoms with E-state index in [0.29, 0.717) is 5.69 Å². The van der Waals surface area contributed by atoms with Gasteiger partial charge in [0.05, 0.1) is 7.11 Å². The lowest BCUT2D eigenvalue weighted by Gasteiger charge is -2.10. The third kappa shape index (κ3) is 2.68. The highest BCUT2D eigenvalue weighted by Crippen LogP contribution is 2.26. The minimum absolute atomic E-state index is 0.133. The van der Waals surface area contributed by atoms with Crippen LogP contribution in [0.2, 0.25) is 0 Å². The van der Waals surface area contributed by atoms with E-state index >= 15 is 0 Å². The minimum Gasteiger partial charge on any atom is -0.497 e. The highest BCUT2D eigenvalue weighted by Gasteiger charge is 2.16. The number of benzene rings is 2. The summed E-state index contributed by atoms with van der Waals surface area (Å²) in [4.78, 5) is 15.8. The molecule has 1 heterocycles. The number of ether oxygens (including phenoxy) is 1. The van der Waals surface area contributed by atoms with Gasteiger partial charge in [0.15, 0.2) is 0 Å². The first-order chi connectivity index (χ1) is 11.0. The average Bonchev–Trinajstić information content (AvgIpc) is 2.88. The van der Waals surface area contributed by atoms with Crippen molar-refractivity contribution in [1.82, 2.24) is 4.98 Å². The van der Waals surface area contributed by atoms with Gasteiger partial charge < -0.3 is 15.0 Å². The van der Waals surface area contributed by atoms with Gasteiger partial charge in [-0.15, -0.1) is 0 Å². The summed E-state index contributed by atoms with van der Waals surface area (Å²) in [6.45, 7) is 5.99. The van der Waals surface area contributed by atoms with Crippen LogP contribution >= 0.6 is 0 Å². The zero-order chi connectivity index (χ0) is 16.6. The van der Waals surface area contributed by atoms with E-state index < -0.39 is 0 Å². The first-order valence-electron chi connectivity index (χ1n) is 7.55. The number of anilines is 1. The number of hydrogen-bond acceptors (Lipinski definition) is 2. The lowest BCUT2D eigenvalue weighted by molar-refractivity contribution is 0.102. The van der Waals surface area contributed by atoms with Gasteiger partial charge in [-0.05, 0) is 55.7 Å². The van der Waals surface area contributed by atoms with Crippen molar-refractivity contribution in [2.45, 2.75) is 20.8 Å². The third-order valence-corrected chi connectivity index (χ3v) is 4.35. The van der Waals surface area contributed by atoms with Crippen molar-refractivity contribution >= 4 is 22.5 Å². The van der Waals surface area contributed by atoms with Crippen molar-refractivity contribution in [2.24, 2.45) is 0 Å². The Morgan fingerprint density at radius 2 is 1.87 bits per heavy atom. The van der Waals surface area contributed by atoms with Crippen LogP contribution in [0.15, 0.2) is 36.4 Å². The molecule has 4 nitrogen and oxygen atoms in total. The molecular formula is C19H20N2O2. The molecule has 0 saturated carbocycles. The zero-order valence-corrected chi connectivity index (χ0v) is 13.8. The number of hydrogen-bond donors (Lipinski definition) is 2.